The predicted molar refractivity (Wildman–Crippen MR) is 87.7 cm³/mol. The summed E-state index contributed by atoms with van der Waals surface area (Å²) in [6, 6.07) is 2.00. The molecule has 0 radical (unpaired) electrons. The zero-order valence-corrected chi connectivity index (χ0v) is 14.2. The van der Waals surface area contributed by atoms with Crippen LogP contribution in [0.4, 0.5) is 0 Å². The molecular weight excluding hydrogens is 308 g/mol. The van der Waals surface area contributed by atoms with Crippen LogP contribution in [0.3, 0.4) is 0 Å². The lowest BCUT2D eigenvalue weighted by Crippen LogP contribution is -2.38. The van der Waals surface area contributed by atoms with Crippen LogP contribution in [-0.4, -0.2) is 39.6 Å². The molecule has 24 heavy (non-hydrogen) atoms. The zero-order valence-electron chi connectivity index (χ0n) is 14.2. The molecule has 0 atom stereocenters. The summed E-state index contributed by atoms with van der Waals surface area (Å²) in [4.78, 5) is 28.6. The van der Waals surface area contributed by atoms with Crippen molar-refractivity contribution in [3.63, 3.8) is 0 Å². The van der Waals surface area contributed by atoms with Crippen molar-refractivity contribution in [3.05, 3.63) is 29.2 Å². The number of esters is 1. The van der Waals surface area contributed by atoms with Gasteiger partial charge in [-0.2, -0.15) is 5.10 Å². The maximum Gasteiger partial charge on any atom is 0.308 e. The molecule has 3 rings (SSSR count). The summed E-state index contributed by atoms with van der Waals surface area (Å²) < 4.78 is 6.47. The maximum atomic E-state index is 12.6. The van der Waals surface area contributed by atoms with Crippen molar-refractivity contribution in [2.24, 2.45) is 5.92 Å². The van der Waals surface area contributed by atoms with E-state index in [2.05, 4.69) is 15.4 Å². The highest BCUT2D eigenvalue weighted by molar-refractivity contribution is 5.99. The van der Waals surface area contributed by atoms with Gasteiger partial charge in [0, 0.05) is 17.4 Å². The molecule has 0 aliphatic heterocycles. The summed E-state index contributed by atoms with van der Waals surface area (Å²) in [7, 11) is 1.42. The van der Waals surface area contributed by atoms with Gasteiger partial charge in [-0.05, 0) is 45.6 Å². The number of hydrogen-bond donors (Lipinski definition) is 1. The first kappa shape index (κ1) is 16.4. The van der Waals surface area contributed by atoms with Crippen molar-refractivity contribution in [2.75, 3.05) is 7.11 Å². The Balaban J connectivity index is 1.69. The van der Waals surface area contributed by atoms with Crippen LogP contribution in [0, 0.1) is 19.8 Å². The van der Waals surface area contributed by atoms with E-state index in [9.17, 15) is 9.59 Å². The van der Waals surface area contributed by atoms with Crippen LogP contribution in [0.15, 0.2) is 12.3 Å². The van der Waals surface area contributed by atoms with Crippen molar-refractivity contribution in [3.8, 4) is 0 Å². The number of amides is 1. The lowest BCUT2D eigenvalue weighted by atomic mass is 9.86. The number of aryl methyl sites for hydroxylation is 2. The Morgan fingerprint density at radius 2 is 1.96 bits per heavy atom. The highest BCUT2D eigenvalue weighted by Crippen LogP contribution is 2.25. The van der Waals surface area contributed by atoms with Crippen molar-refractivity contribution >= 4 is 17.5 Å². The molecule has 1 fully saturated rings. The number of fused-ring (bicyclic) bond motifs is 1. The number of nitrogens with zero attached hydrogens (tertiary/aromatic N) is 3. The minimum Gasteiger partial charge on any atom is -0.469 e. The third-order valence-electron chi connectivity index (χ3n) is 4.62. The highest BCUT2D eigenvalue weighted by atomic mass is 16.5. The Kier molecular flexibility index (Phi) is 4.51. The molecule has 1 aliphatic rings. The third-order valence-corrected chi connectivity index (χ3v) is 4.62. The standard InChI is InChI=1S/C17H22N4O3/c1-10-8-11(2)21-15(19-10)14(9-18-21)16(22)20-13-6-4-12(5-7-13)17(23)24-3/h8-9,12-13H,4-7H2,1-3H3,(H,20,22)/t12-,13-. The van der Waals surface area contributed by atoms with E-state index in [1.54, 1.807) is 10.7 Å². The van der Waals surface area contributed by atoms with Gasteiger partial charge < -0.3 is 10.1 Å². The van der Waals surface area contributed by atoms with Crippen LogP contribution in [0.25, 0.3) is 5.65 Å². The third kappa shape index (κ3) is 3.11. The Labute approximate surface area is 140 Å². The molecule has 0 unspecified atom stereocenters. The van der Waals surface area contributed by atoms with Crippen LogP contribution in [-0.2, 0) is 9.53 Å². The van der Waals surface area contributed by atoms with E-state index < -0.39 is 0 Å². The molecular formula is C17H22N4O3. The number of carbonyl (C=O) groups excluding carboxylic acids is 2. The lowest BCUT2D eigenvalue weighted by Gasteiger charge is -2.27. The van der Waals surface area contributed by atoms with Crippen LogP contribution in [0.2, 0.25) is 0 Å². The van der Waals surface area contributed by atoms with E-state index >= 15 is 0 Å². The summed E-state index contributed by atoms with van der Waals surface area (Å²) in [6.45, 7) is 3.83. The molecule has 0 saturated heterocycles. The zero-order chi connectivity index (χ0) is 17.3. The van der Waals surface area contributed by atoms with E-state index in [-0.39, 0.29) is 23.8 Å². The van der Waals surface area contributed by atoms with Gasteiger partial charge in [0.05, 0.1) is 19.2 Å². The number of nitrogens with one attached hydrogen (secondary N) is 1. The van der Waals surface area contributed by atoms with Crippen LogP contribution < -0.4 is 5.32 Å². The second-order valence-electron chi connectivity index (χ2n) is 6.38. The first-order chi connectivity index (χ1) is 11.5. The molecule has 2 aromatic heterocycles. The largest absolute Gasteiger partial charge is 0.469 e. The number of rotatable bonds is 3. The summed E-state index contributed by atoms with van der Waals surface area (Å²) in [5, 5.41) is 7.30. The van der Waals surface area contributed by atoms with Crippen LogP contribution in [0.5, 0.6) is 0 Å². The summed E-state index contributed by atoms with van der Waals surface area (Å²) in [5.41, 5.74) is 2.86. The fourth-order valence-electron chi connectivity index (χ4n) is 3.33. The van der Waals surface area contributed by atoms with E-state index in [0.717, 1.165) is 37.1 Å². The van der Waals surface area contributed by atoms with Gasteiger partial charge in [-0.25, -0.2) is 9.50 Å². The van der Waals surface area contributed by atoms with Crippen LogP contribution in [0.1, 0.15) is 47.4 Å². The molecule has 0 aromatic carbocycles. The number of methoxy groups -OCH3 is 1. The smallest absolute Gasteiger partial charge is 0.308 e. The molecule has 1 aliphatic carbocycles. The van der Waals surface area contributed by atoms with Gasteiger partial charge in [0.1, 0.15) is 5.56 Å². The fourth-order valence-corrected chi connectivity index (χ4v) is 3.33. The van der Waals surface area contributed by atoms with Gasteiger partial charge >= 0.3 is 5.97 Å². The minimum atomic E-state index is -0.163. The minimum absolute atomic E-state index is 0.0490. The Bertz CT molecular complexity index is 775. The van der Waals surface area contributed by atoms with Gasteiger partial charge in [0.25, 0.3) is 5.91 Å². The molecule has 128 valence electrons. The molecule has 2 heterocycles. The Hall–Kier alpha value is -2.44. The molecule has 2 aromatic rings. The number of carbonyl (C=O) groups is 2. The summed E-state index contributed by atoms with van der Waals surface area (Å²) in [5.74, 6) is -0.367. The first-order valence-corrected chi connectivity index (χ1v) is 8.20. The lowest BCUT2D eigenvalue weighted by molar-refractivity contribution is -0.146. The molecule has 7 heteroatoms. The SMILES string of the molecule is COC(=O)[C@H]1CC[C@H](NC(=O)c2cnn3c(C)cc(C)nc23)CC1. The summed E-state index contributed by atoms with van der Waals surface area (Å²) in [6.07, 6.45) is 4.59. The average molecular weight is 330 g/mol. The molecule has 0 spiro atoms. The van der Waals surface area contributed by atoms with Crippen molar-refractivity contribution < 1.29 is 14.3 Å². The Morgan fingerprint density at radius 3 is 2.62 bits per heavy atom. The molecule has 1 amide bonds. The normalized spacial score (nSPS) is 20.8. The number of ether oxygens (including phenoxy) is 1. The Morgan fingerprint density at radius 1 is 1.25 bits per heavy atom. The highest BCUT2D eigenvalue weighted by Gasteiger charge is 2.28. The van der Waals surface area contributed by atoms with Gasteiger partial charge in [0.2, 0.25) is 0 Å². The number of hydrogen-bond acceptors (Lipinski definition) is 5. The van der Waals surface area contributed by atoms with E-state index in [0.29, 0.717) is 11.2 Å². The average Bonchev–Trinajstić information content (AvgIpc) is 2.99. The van der Waals surface area contributed by atoms with E-state index in [1.165, 1.54) is 7.11 Å². The number of aromatic nitrogens is 3. The van der Waals surface area contributed by atoms with Crippen molar-refractivity contribution in [2.45, 2.75) is 45.6 Å². The monoisotopic (exact) mass is 330 g/mol. The molecule has 1 N–H and O–H groups in total. The first-order valence-electron chi connectivity index (χ1n) is 8.20. The van der Waals surface area contributed by atoms with Gasteiger partial charge in [-0.3, -0.25) is 9.59 Å². The van der Waals surface area contributed by atoms with E-state index in [1.807, 2.05) is 19.9 Å². The maximum absolute atomic E-state index is 12.6. The molecule has 0 bridgehead atoms. The van der Waals surface area contributed by atoms with Gasteiger partial charge in [-0.1, -0.05) is 0 Å². The van der Waals surface area contributed by atoms with Gasteiger partial charge in [0.15, 0.2) is 5.65 Å². The second-order valence-corrected chi connectivity index (χ2v) is 6.38. The van der Waals surface area contributed by atoms with Crippen LogP contribution >= 0.6 is 0 Å². The fraction of sp³-hybridized carbons (Fsp3) is 0.529. The van der Waals surface area contributed by atoms with Crippen molar-refractivity contribution in [1.29, 1.82) is 0 Å². The summed E-state index contributed by atoms with van der Waals surface area (Å²) >= 11 is 0. The van der Waals surface area contributed by atoms with Crippen molar-refractivity contribution in [1.82, 2.24) is 19.9 Å². The predicted octanol–water partition coefficient (Wildman–Crippen LogP) is 1.81. The molecule has 1 saturated carbocycles. The van der Waals surface area contributed by atoms with Gasteiger partial charge in [-0.15, -0.1) is 0 Å². The van der Waals surface area contributed by atoms with E-state index in [4.69, 9.17) is 4.74 Å². The molecule has 7 nitrogen and oxygen atoms in total. The quantitative estimate of drug-likeness (QED) is 0.868. The topological polar surface area (TPSA) is 85.6 Å². The second kappa shape index (κ2) is 6.59.